The van der Waals surface area contributed by atoms with E-state index in [0.717, 1.165) is 50.5 Å². The molecule has 1 aliphatic heterocycles. The molecule has 1 saturated heterocycles. The largest absolute Gasteiger partial charge is 0.354 e. The number of carbonyl (C=O) groups excluding carboxylic acids is 1. The molecule has 0 bridgehead atoms. The first-order valence-corrected chi connectivity index (χ1v) is 12.3. The van der Waals surface area contributed by atoms with Crippen molar-refractivity contribution in [2.75, 3.05) is 13.1 Å². The van der Waals surface area contributed by atoms with E-state index < -0.39 is 10.0 Å². The highest BCUT2D eigenvalue weighted by atomic mass is 32.2. The first-order chi connectivity index (χ1) is 13.5. The molecule has 3 rings (SSSR count). The maximum atomic E-state index is 13.3. The Balaban J connectivity index is 1.66. The third-order valence-corrected chi connectivity index (χ3v) is 8.35. The summed E-state index contributed by atoms with van der Waals surface area (Å²) in [7, 11) is -3.54. The summed E-state index contributed by atoms with van der Waals surface area (Å²) < 4.78 is 28.1. The fourth-order valence-corrected chi connectivity index (χ4v) is 6.47. The average Bonchev–Trinajstić information content (AvgIpc) is 2.66. The Labute approximate surface area is 169 Å². The van der Waals surface area contributed by atoms with Gasteiger partial charge in [0.25, 0.3) is 0 Å². The van der Waals surface area contributed by atoms with E-state index in [9.17, 15) is 13.2 Å². The lowest BCUT2D eigenvalue weighted by molar-refractivity contribution is -0.125. The van der Waals surface area contributed by atoms with Gasteiger partial charge in [-0.05, 0) is 44.2 Å². The summed E-state index contributed by atoms with van der Waals surface area (Å²) in [5, 5.41) is 3.09. The fraction of sp³-hybridized carbons (Fsp3) is 0.682. The quantitative estimate of drug-likeness (QED) is 0.803. The van der Waals surface area contributed by atoms with Crippen LogP contribution >= 0.6 is 0 Å². The summed E-state index contributed by atoms with van der Waals surface area (Å²) in [5.74, 6) is 0.200. The van der Waals surface area contributed by atoms with Crippen LogP contribution in [0.2, 0.25) is 0 Å². The number of nitrogens with zero attached hydrogens (tertiary/aromatic N) is 1. The summed E-state index contributed by atoms with van der Waals surface area (Å²) in [4.78, 5) is 13.1. The van der Waals surface area contributed by atoms with Crippen molar-refractivity contribution >= 4 is 15.9 Å². The van der Waals surface area contributed by atoms with Crippen molar-refractivity contribution in [2.24, 2.45) is 5.92 Å². The molecule has 1 saturated carbocycles. The van der Waals surface area contributed by atoms with Gasteiger partial charge in [0, 0.05) is 25.0 Å². The van der Waals surface area contributed by atoms with Gasteiger partial charge >= 0.3 is 0 Å². The van der Waals surface area contributed by atoms with Gasteiger partial charge in [-0.1, -0.05) is 56.7 Å². The molecular formula is C22H34N2O3S. The van der Waals surface area contributed by atoms with Crippen LogP contribution in [0.5, 0.6) is 0 Å². The molecule has 156 valence electrons. The summed E-state index contributed by atoms with van der Waals surface area (Å²) in [5.41, 5.74) is 0.769. The Morgan fingerprint density at radius 2 is 1.64 bits per heavy atom. The van der Waals surface area contributed by atoms with Crippen LogP contribution in [0.25, 0.3) is 0 Å². The van der Waals surface area contributed by atoms with Crippen molar-refractivity contribution < 1.29 is 13.2 Å². The molecule has 1 aromatic carbocycles. The summed E-state index contributed by atoms with van der Waals surface area (Å²) in [6.45, 7) is 2.78. The van der Waals surface area contributed by atoms with E-state index in [4.69, 9.17) is 0 Å². The number of piperidine rings is 1. The molecule has 1 atom stereocenters. The van der Waals surface area contributed by atoms with Gasteiger partial charge in [-0.25, -0.2) is 8.42 Å². The number of aryl methyl sites for hydroxylation is 1. The second-order valence-corrected chi connectivity index (χ2v) is 10.2. The van der Waals surface area contributed by atoms with Crippen LogP contribution in [0, 0.1) is 12.8 Å². The van der Waals surface area contributed by atoms with Crippen LogP contribution in [0.1, 0.15) is 69.8 Å². The third-order valence-electron chi connectivity index (χ3n) is 6.24. The minimum atomic E-state index is -3.54. The van der Waals surface area contributed by atoms with Gasteiger partial charge in [-0.2, -0.15) is 4.31 Å². The Hall–Kier alpha value is -1.40. The molecule has 0 radical (unpaired) electrons. The van der Waals surface area contributed by atoms with Crippen LogP contribution < -0.4 is 5.32 Å². The molecule has 6 heteroatoms. The Morgan fingerprint density at radius 1 is 1.00 bits per heavy atom. The first-order valence-electron chi connectivity index (χ1n) is 10.9. The van der Waals surface area contributed by atoms with E-state index >= 15 is 0 Å². The zero-order valence-corrected chi connectivity index (χ0v) is 17.8. The van der Waals surface area contributed by atoms with Crippen molar-refractivity contribution in [1.82, 2.24) is 9.62 Å². The highest BCUT2D eigenvalue weighted by Gasteiger charge is 2.34. The number of carbonyl (C=O) groups is 1. The fourth-order valence-electron chi connectivity index (χ4n) is 4.55. The van der Waals surface area contributed by atoms with Gasteiger partial charge in [-0.15, -0.1) is 0 Å². The standard InChI is InChI=1S/C22H34N2O3S/c1-18-11-7-8-15-21(18)28(26,27)24-16-10-9-14-20(24)17-23-22(25)19-12-5-3-2-4-6-13-19/h7-8,11,15,19-20H,2-6,9-10,12-14,16-17H2,1H3,(H,23,25). The van der Waals surface area contributed by atoms with E-state index in [0.29, 0.717) is 18.0 Å². The molecule has 1 heterocycles. The maximum absolute atomic E-state index is 13.3. The Kier molecular flexibility index (Phi) is 7.52. The van der Waals surface area contributed by atoms with Gasteiger partial charge in [0.1, 0.15) is 0 Å². The number of hydrogen-bond donors (Lipinski definition) is 1. The maximum Gasteiger partial charge on any atom is 0.243 e. The highest BCUT2D eigenvalue weighted by molar-refractivity contribution is 7.89. The smallest absolute Gasteiger partial charge is 0.243 e. The molecule has 1 unspecified atom stereocenters. The van der Waals surface area contributed by atoms with E-state index in [1.165, 1.54) is 19.3 Å². The van der Waals surface area contributed by atoms with Gasteiger partial charge in [0.15, 0.2) is 0 Å². The summed E-state index contributed by atoms with van der Waals surface area (Å²) in [6.07, 6.45) is 10.6. The SMILES string of the molecule is Cc1ccccc1S(=O)(=O)N1CCCCC1CNC(=O)C1CCCCCCC1. The van der Waals surface area contributed by atoms with Gasteiger partial charge in [0.05, 0.1) is 4.90 Å². The number of hydrogen-bond acceptors (Lipinski definition) is 3. The van der Waals surface area contributed by atoms with Crippen molar-refractivity contribution in [3.8, 4) is 0 Å². The number of amides is 1. The molecule has 0 aromatic heterocycles. The zero-order chi connectivity index (χ0) is 20.0. The van der Waals surface area contributed by atoms with Crippen molar-refractivity contribution in [3.63, 3.8) is 0 Å². The van der Waals surface area contributed by atoms with Crippen molar-refractivity contribution in [3.05, 3.63) is 29.8 Å². The molecule has 1 N–H and O–H groups in total. The molecule has 1 amide bonds. The molecular weight excluding hydrogens is 372 g/mol. The van der Waals surface area contributed by atoms with Crippen LogP contribution in [0.3, 0.4) is 0 Å². The minimum absolute atomic E-state index is 0.0883. The van der Waals surface area contributed by atoms with E-state index in [1.54, 1.807) is 16.4 Å². The molecule has 1 aromatic rings. The van der Waals surface area contributed by atoms with Crippen LogP contribution in [-0.4, -0.2) is 37.8 Å². The second-order valence-electron chi connectivity index (χ2n) is 8.32. The van der Waals surface area contributed by atoms with E-state index in [1.807, 2.05) is 19.1 Å². The lowest BCUT2D eigenvalue weighted by Gasteiger charge is -2.35. The van der Waals surface area contributed by atoms with Crippen LogP contribution in [-0.2, 0) is 14.8 Å². The molecule has 5 nitrogen and oxygen atoms in total. The Bertz CT molecular complexity index is 755. The lowest BCUT2D eigenvalue weighted by atomic mass is 9.90. The van der Waals surface area contributed by atoms with Crippen LogP contribution in [0.4, 0.5) is 0 Å². The first kappa shape index (κ1) is 21.3. The minimum Gasteiger partial charge on any atom is -0.354 e. The summed E-state index contributed by atoms with van der Waals surface area (Å²) in [6, 6.07) is 6.99. The van der Waals surface area contributed by atoms with Gasteiger partial charge < -0.3 is 5.32 Å². The predicted octanol–water partition coefficient (Wildman–Crippen LogP) is 4.01. The topological polar surface area (TPSA) is 66.5 Å². The normalized spacial score (nSPS) is 23.0. The monoisotopic (exact) mass is 406 g/mol. The Morgan fingerprint density at radius 3 is 2.36 bits per heavy atom. The third kappa shape index (κ3) is 5.15. The van der Waals surface area contributed by atoms with Crippen LogP contribution in [0.15, 0.2) is 29.2 Å². The van der Waals surface area contributed by atoms with Crippen molar-refractivity contribution in [1.29, 1.82) is 0 Å². The summed E-state index contributed by atoms with van der Waals surface area (Å²) >= 11 is 0. The zero-order valence-electron chi connectivity index (χ0n) is 17.0. The second kappa shape index (κ2) is 9.88. The van der Waals surface area contributed by atoms with E-state index in [-0.39, 0.29) is 17.9 Å². The number of rotatable bonds is 5. The van der Waals surface area contributed by atoms with Gasteiger partial charge in [0.2, 0.25) is 15.9 Å². The number of sulfonamides is 1. The molecule has 0 spiro atoms. The molecule has 28 heavy (non-hydrogen) atoms. The highest BCUT2D eigenvalue weighted by Crippen LogP contribution is 2.27. The number of nitrogens with one attached hydrogen (secondary N) is 1. The molecule has 2 fully saturated rings. The predicted molar refractivity (Wildman–Crippen MR) is 112 cm³/mol. The number of benzene rings is 1. The molecule has 1 aliphatic carbocycles. The van der Waals surface area contributed by atoms with Gasteiger partial charge in [-0.3, -0.25) is 4.79 Å². The van der Waals surface area contributed by atoms with E-state index in [2.05, 4.69) is 5.32 Å². The molecule has 2 aliphatic rings. The average molecular weight is 407 g/mol. The lowest BCUT2D eigenvalue weighted by Crippen LogP contribution is -2.50. The van der Waals surface area contributed by atoms with Crippen molar-refractivity contribution in [2.45, 2.75) is 82.1 Å².